The number of ether oxygens (including phenoxy) is 1. The summed E-state index contributed by atoms with van der Waals surface area (Å²) in [5.74, 6) is -4.93. The van der Waals surface area contributed by atoms with Gasteiger partial charge in [0.15, 0.2) is 18.0 Å². The first kappa shape index (κ1) is 27.6. The molecule has 4 rings (SSSR count). The lowest BCUT2D eigenvalue weighted by Crippen LogP contribution is -2.47. The molecule has 1 aliphatic rings. The lowest BCUT2D eigenvalue weighted by Gasteiger charge is -2.28. The Morgan fingerprint density at radius 3 is 2.66 bits per heavy atom. The standard InChI is InChI=1S/C23H25F2N4O8P/c1-13(18(30)31)28-38(34,37-16-9-5-7-14-6-3-4-8-15(14)16)35-12-23(25)19(32)22(2,24)20(36-23)29-11-10-17(26)27-21(29)33/h3-11,13,19-20,32H,12H2,1-2H3,(H,28,34)(H,30,31)(H2,26,27,33)/t13?,19-,20+,22+,23+,38+/m0/s1. The van der Waals surface area contributed by atoms with Crippen molar-refractivity contribution in [3.05, 3.63) is 65.2 Å². The van der Waals surface area contributed by atoms with Crippen LogP contribution in [0.2, 0.25) is 0 Å². The van der Waals surface area contributed by atoms with Crippen LogP contribution < -0.4 is 21.0 Å². The molecule has 1 saturated heterocycles. The summed E-state index contributed by atoms with van der Waals surface area (Å²) in [5.41, 5.74) is 1.47. The molecule has 1 aromatic heterocycles. The van der Waals surface area contributed by atoms with Crippen molar-refractivity contribution in [2.24, 2.45) is 0 Å². The molecule has 0 saturated carbocycles. The van der Waals surface area contributed by atoms with Crippen LogP contribution in [-0.2, 0) is 18.6 Å². The molecule has 0 radical (unpaired) electrons. The number of carbonyl (C=O) groups is 1. The van der Waals surface area contributed by atoms with Crippen LogP contribution in [0.15, 0.2) is 59.5 Å². The number of hydrogen-bond donors (Lipinski definition) is 4. The minimum Gasteiger partial charge on any atom is -0.480 e. The summed E-state index contributed by atoms with van der Waals surface area (Å²) in [7, 11) is -4.71. The Hall–Kier alpha value is -3.42. The predicted octanol–water partition coefficient (Wildman–Crippen LogP) is 2.53. The molecule has 3 aromatic rings. The third-order valence-corrected chi connectivity index (χ3v) is 7.57. The average Bonchev–Trinajstić information content (AvgIpc) is 3.03. The second-order valence-electron chi connectivity index (χ2n) is 8.88. The summed E-state index contributed by atoms with van der Waals surface area (Å²) in [6.45, 7) is 0.568. The molecule has 0 aliphatic carbocycles. The van der Waals surface area contributed by atoms with E-state index in [9.17, 15) is 24.4 Å². The van der Waals surface area contributed by atoms with Gasteiger partial charge < -0.3 is 25.2 Å². The molecule has 1 fully saturated rings. The molecule has 204 valence electrons. The Morgan fingerprint density at radius 1 is 1.29 bits per heavy atom. The molecule has 12 nitrogen and oxygen atoms in total. The van der Waals surface area contributed by atoms with Crippen molar-refractivity contribution in [3.63, 3.8) is 0 Å². The fourth-order valence-electron chi connectivity index (χ4n) is 3.93. The maximum Gasteiger partial charge on any atom is 0.459 e. The van der Waals surface area contributed by atoms with Crippen LogP contribution in [0.4, 0.5) is 14.6 Å². The maximum atomic E-state index is 15.8. The molecule has 1 aliphatic heterocycles. The summed E-state index contributed by atoms with van der Waals surface area (Å²) in [6, 6.07) is 11.3. The SMILES string of the molecule is CC(N[P@@](=O)(OC[C@@]1(F)O[C@@H](n2ccc(N)nc2=O)[C@](C)(F)[C@@H]1O)Oc1cccc2ccccc12)C(=O)O. The molecule has 0 bridgehead atoms. The topological polar surface area (TPSA) is 175 Å². The van der Waals surface area contributed by atoms with E-state index in [0.717, 1.165) is 26.1 Å². The van der Waals surface area contributed by atoms with Gasteiger partial charge in [-0.05, 0) is 31.4 Å². The summed E-state index contributed by atoms with van der Waals surface area (Å²) in [6.07, 6.45) is -3.53. The lowest BCUT2D eigenvalue weighted by molar-refractivity contribution is -0.203. The summed E-state index contributed by atoms with van der Waals surface area (Å²) in [5, 5.41) is 23.1. The number of carboxylic acids is 1. The Morgan fingerprint density at radius 2 is 1.97 bits per heavy atom. The number of benzene rings is 2. The summed E-state index contributed by atoms with van der Waals surface area (Å²) in [4.78, 5) is 27.1. The summed E-state index contributed by atoms with van der Waals surface area (Å²) < 4.78 is 61.5. The Kier molecular flexibility index (Phi) is 7.30. The number of carboxylic acid groups (broad SMARTS) is 1. The zero-order valence-corrected chi connectivity index (χ0v) is 21.0. The first-order chi connectivity index (χ1) is 17.8. The van der Waals surface area contributed by atoms with Crippen LogP contribution in [0.5, 0.6) is 5.75 Å². The molecule has 0 spiro atoms. The minimum atomic E-state index is -4.71. The lowest BCUT2D eigenvalue weighted by atomic mass is 9.97. The highest BCUT2D eigenvalue weighted by Gasteiger charge is 2.65. The number of hydrogen-bond acceptors (Lipinski definition) is 9. The van der Waals surface area contributed by atoms with Gasteiger partial charge in [0.2, 0.25) is 0 Å². The minimum absolute atomic E-state index is 0.0185. The van der Waals surface area contributed by atoms with Crippen molar-refractivity contribution in [2.75, 3.05) is 12.3 Å². The number of rotatable bonds is 9. The van der Waals surface area contributed by atoms with E-state index < -0.39 is 55.9 Å². The number of aliphatic hydroxyl groups excluding tert-OH is 1. The molecule has 15 heteroatoms. The zero-order chi connectivity index (χ0) is 27.9. The van der Waals surface area contributed by atoms with Crippen molar-refractivity contribution in [2.45, 2.75) is 43.7 Å². The van der Waals surface area contributed by atoms with Gasteiger partial charge in [-0.3, -0.25) is 13.9 Å². The third kappa shape index (κ3) is 5.26. The number of nitrogen functional groups attached to an aromatic ring is 1. The first-order valence-corrected chi connectivity index (χ1v) is 12.8. The van der Waals surface area contributed by atoms with Gasteiger partial charge >= 0.3 is 19.4 Å². The van der Waals surface area contributed by atoms with E-state index in [4.69, 9.17) is 19.5 Å². The number of alkyl halides is 2. The predicted molar refractivity (Wildman–Crippen MR) is 131 cm³/mol. The van der Waals surface area contributed by atoms with E-state index >= 15 is 8.78 Å². The molecule has 5 N–H and O–H groups in total. The smallest absolute Gasteiger partial charge is 0.459 e. The molecular weight excluding hydrogens is 529 g/mol. The second kappa shape index (κ2) is 10.0. The van der Waals surface area contributed by atoms with Crippen molar-refractivity contribution in [1.29, 1.82) is 0 Å². The van der Waals surface area contributed by atoms with Gasteiger partial charge in [0.1, 0.15) is 24.2 Å². The van der Waals surface area contributed by atoms with Crippen molar-refractivity contribution in [1.82, 2.24) is 14.6 Å². The van der Waals surface area contributed by atoms with Crippen molar-refractivity contribution < 1.29 is 42.1 Å². The second-order valence-corrected chi connectivity index (χ2v) is 10.6. The molecule has 2 heterocycles. The number of fused-ring (bicyclic) bond motifs is 1. The van der Waals surface area contributed by atoms with E-state index in [1.54, 1.807) is 36.4 Å². The van der Waals surface area contributed by atoms with Crippen LogP contribution in [0, 0.1) is 0 Å². The monoisotopic (exact) mass is 554 g/mol. The van der Waals surface area contributed by atoms with Crippen LogP contribution in [-0.4, -0.2) is 56.0 Å². The van der Waals surface area contributed by atoms with Crippen LogP contribution >= 0.6 is 7.75 Å². The fraction of sp³-hybridized carbons (Fsp3) is 0.348. The van der Waals surface area contributed by atoms with Crippen molar-refractivity contribution >= 4 is 30.3 Å². The van der Waals surface area contributed by atoms with E-state index in [1.165, 1.54) is 6.07 Å². The fourth-order valence-corrected chi connectivity index (χ4v) is 5.46. The van der Waals surface area contributed by atoms with Gasteiger partial charge in [-0.25, -0.2) is 18.1 Å². The quantitative estimate of drug-likeness (QED) is 0.286. The average molecular weight is 554 g/mol. The molecule has 1 unspecified atom stereocenters. The van der Waals surface area contributed by atoms with Crippen LogP contribution in [0.3, 0.4) is 0 Å². The number of halogens is 2. The van der Waals surface area contributed by atoms with Crippen LogP contribution in [0.1, 0.15) is 20.1 Å². The number of nitrogens with zero attached hydrogens (tertiary/aromatic N) is 2. The van der Waals surface area contributed by atoms with Crippen molar-refractivity contribution in [3.8, 4) is 5.75 Å². The van der Waals surface area contributed by atoms with Crippen LogP contribution in [0.25, 0.3) is 10.8 Å². The molecular formula is C23H25F2N4O8P. The van der Waals surface area contributed by atoms with Gasteiger partial charge in [0.25, 0.3) is 5.85 Å². The molecule has 0 amide bonds. The zero-order valence-electron chi connectivity index (χ0n) is 20.2. The van der Waals surface area contributed by atoms with E-state index in [0.29, 0.717) is 15.3 Å². The highest BCUT2D eigenvalue weighted by molar-refractivity contribution is 7.52. The van der Waals surface area contributed by atoms with Gasteiger partial charge in [-0.15, -0.1) is 0 Å². The molecule has 6 atom stereocenters. The van der Waals surface area contributed by atoms with Gasteiger partial charge in [-0.1, -0.05) is 36.4 Å². The maximum absolute atomic E-state index is 15.8. The Balaban J connectivity index is 1.64. The normalized spacial score (nSPS) is 27.6. The van der Waals surface area contributed by atoms with E-state index in [-0.39, 0.29) is 11.6 Å². The number of aliphatic carboxylic acids is 1. The first-order valence-electron chi connectivity index (χ1n) is 11.3. The largest absolute Gasteiger partial charge is 0.480 e. The van der Waals surface area contributed by atoms with E-state index in [2.05, 4.69) is 10.1 Å². The van der Waals surface area contributed by atoms with E-state index in [1.807, 2.05) is 0 Å². The number of aliphatic hydroxyl groups is 1. The Bertz CT molecular complexity index is 1470. The number of nitrogens with one attached hydrogen (secondary N) is 1. The molecule has 38 heavy (non-hydrogen) atoms. The number of anilines is 1. The number of aromatic nitrogens is 2. The van der Waals surface area contributed by atoms with Gasteiger partial charge in [0.05, 0.1) is 0 Å². The summed E-state index contributed by atoms with van der Waals surface area (Å²) >= 11 is 0. The molecule has 2 aromatic carbocycles. The third-order valence-electron chi connectivity index (χ3n) is 5.96. The highest BCUT2D eigenvalue weighted by atomic mass is 31.2. The van der Waals surface area contributed by atoms with Gasteiger partial charge in [-0.2, -0.15) is 10.1 Å². The highest BCUT2D eigenvalue weighted by Crippen LogP contribution is 2.52. The number of nitrogens with two attached hydrogens (primary N) is 1. The van der Waals surface area contributed by atoms with Gasteiger partial charge in [0, 0.05) is 11.6 Å². The Labute approximate surface area is 214 Å².